The second-order valence-electron chi connectivity index (χ2n) is 8.77. The van der Waals surface area contributed by atoms with Crippen molar-refractivity contribution in [1.82, 2.24) is 15.3 Å². The third-order valence-corrected chi connectivity index (χ3v) is 7.46. The average molecular weight is 489 g/mol. The van der Waals surface area contributed by atoms with Crippen molar-refractivity contribution in [3.05, 3.63) is 69.8 Å². The van der Waals surface area contributed by atoms with E-state index < -0.39 is 0 Å². The van der Waals surface area contributed by atoms with Crippen LogP contribution in [0.25, 0.3) is 21.3 Å². The summed E-state index contributed by atoms with van der Waals surface area (Å²) >= 11 is 1.40. The van der Waals surface area contributed by atoms with Crippen molar-refractivity contribution in [2.45, 2.75) is 19.4 Å². The zero-order chi connectivity index (χ0) is 23.8. The molecule has 2 aromatic heterocycles. The molecule has 6 rings (SSSR count). The first kappa shape index (κ1) is 21.7. The van der Waals surface area contributed by atoms with Gasteiger partial charge in [-0.2, -0.15) is 0 Å². The largest absolute Gasteiger partial charge is 0.454 e. The molecule has 2 N–H and O–H groups in total. The molecular formula is C26H24N4O4S. The predicted octanol–water partition coefficient (Wildman–Crippen LogP) is 3.91. The maximum atomic E-state index is 13.0. The molecule has 2 aromatic carbocycles. The van der Waals surface area contributed by atoms with Gasteiger partial charge in [-0.1, -0.05) is 36.4 Å². The lowest BCUT2D eigenvalue weighted by atomic mass is 9.97. The molecule has 0 aliphatic carbocycles. The first-order valence-corrected chi connectivity index (χ1v) is 12.5. The number of ether oxygens (including phenoxy) is 2. The number of amides is 1. The lowest BCUT2D eigenvalue weighted by molar-refractivity contribution is -0.125. The van der Waals surface area contributed by atoms with E-state index in [1.807, 2.05) is 58.8 Å². The van der Waals surface area contributed by atoms with E-state index in [0.29, 0.717) is 35.0 Å². The fourth-order valence-electron chi connectivity index (χ4n) is 4.66. The lowest BCUT2D eigenvalue weighted by Gasteiger charge is -2.32. The van der Waals surface area contributed by atoms with E-state index in [1.165, 1.54) is 11.3 Å². The van der Waals surface area contributed by atoms with Gasteiger partial charge < -0.3 is 19.7 Å². The number of fused-ring (bicyclic) bond motifs is 2. The summed E-state index contributed by atoms with van der Waals surface area (Å²) in [4.78, 5) is 35.6. The third kappa shape index (κ3) is 4.23. The zero-order valence-electron chi connectivity index (χ0n) is 19.0. The molecule has 1 fully saturated rings. The number of benzene rings is 2. The summed E-state index contributed by atoms with van der Waals surface area (Å²) in [6, 6.07) is 15.6. The molecule has 4 heterocycles. The van der Waals surface area contributed by atoms with Gasteiger partial charge in [-0.25, -0.2) is 4.98 Å². The Labute approximate surface area is 205 Å². The van der Waals surface area contributed by atoms with Crippen molar-refractivity contribution in [1.29, 1.82) is 0 Å². The molecule has 178 valence electrons. The van der Waals surface area contributed by atoms with E-state index in [4.69, 9.17) is 14.5 Å². The number of thiophene rings is 1. The molecule has 1 amide bonds. The molecule has 4 aromatic rings. The standard InChI is InChI=1S/C26H24N4O4S/c31-24(27-12-16-8-9-20-21(11-16)34-15-33-20)18-7-4-10-30(13-18)26-28-22-19(17-5-2-1-3-6-17)14-35-23(22)25(32)29-26/h1-3,5-6,8-9,11,14,18H,4,7,10,12-13,15H2,(H,27,31)(H,28,29,32). The van der Waals surface area contributed by atoms with E-state index >= 15 is 0 Å². The molecule has 8 nitrogen and oxygen atoms in total. The number of nitrogens with one attached hydrogen (secondary N) is 2. The maximum Gasteiger partial charge on any atom is 0.270 e. The predicted molar refractivity (Wildman–Crippen MR) is 135 cm³/mol. The highest BCUT2D eigenvalue weighted by molar-refractivity contribution is 7.17. The number of carbonyl (C=O) groups is 1. The van der Waals surface area contributed by atoms with Crippen LogP contribution in [0.15, 0.2) is 58.7 Å². The van der Waals surface area contributed by atoms with Gasteiger partial charge in [0.15, 0.2) is 11.5 Å². The smallest absolute Gasteiger partial charge is 0.270 e. The minimum absolute atomic E-state index is 0.00343. The van der Waals surface area contributed by atoms with Crippen molar-refractivity contribution >= 4 is 33.4 Å². The monoisotopic (exact) mass is 488 g/mol. The summed E-state index contributed by atoms with van der Waals surface area (Å²) in [6.07, 6.45) is 1.64. The Balaban J connectivity index is 1.18. The summed E-state index contributed by atoms with van der Waals surface area (Å²) in [5, 5.41) is 5.03. The van der Waals surface area contributed by atoms with Crippen LogP contribution in [0.1, 0.15) is 18.4 Å². The normalized spacial score (nSPS) is 17.0. The minimum Gasteiger partial charge on any atom is -0.454 e. The minimum atomic E-state index is -0.185. The number of piperidine rings is 1. The van der Waals surface area contributed by atoms with Gasteiger partial charge in [-0.3, -0.25) is 14.6 Å². The fourth-order valence-corrected chi connectivity index (χ4v) is 5.56. The molecule has 35 heavy (non-hydrogen) atoms. The van der Waals surface area contributed by atoms with Gasteiger partial charge in [0.1, 0.15) is 4.70 Å². The van der Waals surface area contributed by atoms with Crippen molar-refractivity contribution in [3.63, 3.8) is 0 Å². The number of hydrogen-bond acceptors (Lipinski definition) is 7. The van der Waals surface area contributed by atoms with Crippen LogP contribution >= 0.6 is 11.3 Å². The summed E-state index contributed by atoms with van der Waals surface area (Å²) in [7, 11) is 0. The van der Waals surface area contributed by atoms with Crippen LogP contribution in [0, 0.1) is 5.92 Å². The summed E-state index contributed by atoms with van der Waals surface area (Å²) < 4.78 is 11.4. The maximum absolute atomic E-state index is 13.0. The highest BCUT2D eigenvalue weighted by Crippen LogP contribution is 2.33. The molecule has 1 unspecified atom stereocenters. The number of hydrogen-bond donors (Lipinski definition) is 2. The quantitative estimate of drug-likeness (QED) is 0.442. The van der Waals surface area contributed by atoms with Gasteiger partial charge in [0.25, 0.3) is 5.56 Å². The van der Waals surface area contributed by atoms with E-state index in [0.717, 1.165) is 41.8 Å². The molecule has 1 saturated heterocycles. The Bertz CT molecular complexity index is 1450. The van der Waals surface area contributed by atoms with Gasteiger partial charge in [0.2, 0.25) is 18.6 Å². The second kappa shape index (κ2) is 9.07. The molecule has 2 aliphatic heterocycles. The Hall–Kier alpha value is -3.85. The van der Waals surface area contributed by atoms with E-state index in [1.54, 1.807) is 0 Å². The molecule has 0 spiro atoms. The van der Waals surface area contributed by atoms with E-state index in [9.17, 15) is 9.59 Å². The van der Waals surface area contributed by atoms with Crippen LogP contribution < -0.4 is 25.2 Å². The first-order chi connectivity index (χ1) is 17.2. The lowest BCUT2D eigenvalue weighted by Crippen LogP contribution is -2.44. The van der Waals surface area contributed by atoms with Crippen LogP contribution in [-0.4, -0.2) is 35.8 Å². The van der Waals surface area contributed by atoms with Gasteiger partial charge >= 0.3 is 0 Å². The van der Waals surface area contributed by atoms with Crippen molar-refractivity contribution in [2.24, 2.45) is 5.92 Å². The van der Waals surface area contributed by atoms with Crippen LogP contribution in [0.2, 0.25) is 0 Å². The Morgan fingerprint density at radius 2 is 2.03 bits per heavy atom. The van der Waals surface area contributed by atoms with Crippen LogP contribution in [0.5, 0.6) is 11.5 Å². The number of carbonyl (C=O) groups excluding carboxylic acids is 1. The van der Waals surface area contributed by atoms with Crippen LogP contribution in [0.4, 0.5) is 5.95 Å². The number of rotatable bonds is 5. The van der Waals surface area contributed by atoms with Crippen molar-refractivity contribution < 1.29 is 14.3 Å². The molecule has 0 saturated carbocycles. The van der Waals surface area contributed by atoms with E-state index in [2.05, 4.69) is 10.3 Å². The van der Waals surface area contributed by atoms with Crippen molar-refractivity contribution in [3.8, 4) is 22.6 Å². The van der Waals surface area contributed by atoms with Gasteiger partial charge in [-0.05, 0) is 36.1 Å². The Kier molecular flexibility index (Phi) is 5.61. The zero-order valence-corrected chi connectivity index (χ0v) is 19.8. The molecule has 0 radical (unpaired) electrons. The average Bonchev–Trinajstić information content (AvgIpc) is 3.55. The first-order valence-electron chi connectivity index (χ1n) is 11.6. The summed E-state index contributed by atoms with van der Waals surface area (Å²) in [5.74, 6) is 1.76. The number of H-pyrrole nitrogens is 1. The molecular weight excluding hydrogens is 464 g/mol. The van der Waals surface area contributed by atoms with Crippen LogP contribution in [0.3, 0.4) is 0 Å². The highest BCUT2D eigenvalue weighted by Gasteiger charge is 2.28. The van der Waals surface area contributed by atoms with Gasteiger partial charge in [0, 0.05) is 30.6 Å². The van der Waals surface area contributed by atoms with Crippen molar-refractivity contribution in [2.75, 3.05) is 24.8 Å². The molecule has 0 bridgehead atoms. The number of anilines is 1. The topological polar surface area (TPSA) is 96.6 Å². The molecule has 9 heteroatoms. The highest BCUT2D eigenvalue weighted by atomic mass is 32.1. The second-order valence-corrected chi connectivity index (χ2v) is 9.65. The van der Waals surface area contributed by atoms with Gasteiger partial charge in [0.05, 0.1) is 11.4 Å². The summed E-state index contributed by atoms with van der Waals surface area (Å²) in [5.41, 5.74) is 3.49. The SMILES string of the molecule is O=C(NCc1ccc2c(c1)OCO2)C1CCCN(c2nc3c(-c4ccccc4)csc3c(=O)[nH]2)C1. The Morgan fingerprint density at radius 3 is 2.91 bits per heavy atom. The summed E-state index contributed by atoms with van der Waals surface area (Å²) in [6.45, 7) is 1.89. The third-order valence-electron chi connectivity index (χ3n) is 6.49. The van der Waals surface area contributed by atoms with E-state index in [-0.39, 0.29) is 24.2 Å². The number of aromatic amines is 1. The Morgan fingerprint density at radius 1 is 1.17 bits per heavy atom. The number of nitrogens with zero attached hydrogens (tertiary/aromatic N) is 2. The molecule has 1 atom stereocenters. The van der Waals surface area contributed by atoms with Gasteiger partial charge in [-0.15, -0.1) is 11.3 Å². The number of aromatic nitrogens is 2. The fraction of sp³-hybridized carbons (Fsp3) is 0.269. The molecule has 2 aliphatic rings. The van der Waals surface area contributed by atoms with Crippen LogP contribution in [-0.2, 0) is 11.3 Å².